The number of nitrogens with zero attached hydrogens (tertiary/aromatic N) is 2. The smallest absolute Gasteiger partial charge is 0.406 e. The number of anilines is 1. The Kier molecular flexibility index (Phi) is 6.34. The first-order chi connectivity index (χ1) is 13.7. The van der Waals surface area contributed by atoms with Crippen molar-refractivity contribution in [3.8, 4) is 0 Å². The molecule has 2 aliphatic heterocycles. The van der Waals surface area contributed by atoms with Crippen LogP contribution in [0, 0.1) is 0 Å². The maximum absolute atomic E-state index is 14.9. The minimum absolute atomic E-state index is 0.135. The molecule has 0 amide bonds. The summed E-state index contributed by atoms with van der Waals surface area (Å²) in [5, 5.41) is 2.20. The van der Waals surface area contributed by atoms with Crippen molar-refractivity contribution >= 4 is 19.5 Å². The highest BCUT2D eigenvalue weighted by atomic mass is 31.2. The van der Waals surface area contributed by atoms with Gasteiger partial charge in [0, 0.05) is 6.20 Å². The summed E-state index contributed by atoms with van der Waals surface area (Å²) < 4.78 is 63.1. The average molecular weight is 438 g/mol. The monoisotopic (exact) mass is 438 g/mol. The van der Waals surface area contributed by atoms with E-state index in [0.717, 1.165) is 18.7 Å². The Labute approximate surface area is 164 Å². The molecular formula is C15H21F2N4O7P. The number of rotatable bonds is 7. The first-order valence-corrected chi connectivity index (χ1v) is 10.4. The molecule has 1 aromatic heterocycles. The van der Waals surface area contributed by atoms with Gasteiger partial charge in [-0.25, -0.2) is 14.4 Å². The summed E-state index contributed by atoms with van der Waals surface area (Å²) in [4.78, 5) is 26.9. The number of ether oxygens (including phenoxy) is 2. The number of nitrogen functional groups attached to an aromatic ring is 1. The van der Waals surface area contributed by atoms with Crippen molar-refractivity contribution in [3.63, 3.8) is 0 Å². The molecule has 0 radical (unpaired) electrons. The first-order valence-electron chi connectivity index (χ1n) is 8.88. The minimum Gasteiger partial charge on any atom is -0.465 e. The fourth-order valence-electron chi connectivity index (χ4n) is 2.81. The van der Waals surface area contributed by atoms with Crippen LogP contribution in [0.25, 0.3) is 0 Å². The topological polar surface area (TPSA) is 144 Å². The number of nitrogens with one attached hydrogen (secondary N) is 1. The van der Waals surface area contributed by atoms with Crippen molar-refractivity contribution in [2.24, 2.45) is 0 Å². The molecule has 3 rings (SSSR count). The molecule has 29 heavy (non-hydrogen) atoms. The van der Waals surface area contributed by atoms with Crippen LogP contribution in [0.5, 0.6) is 0 Å². The first kappa shape index (κ1) is 21.8. The highest BCUT2D eigenvalue weighted by Gasteiger charge is 2.65. The molecule has 14 heteroatoms. The molecule has 162 valence electrons. The Hall–Kier alpha value is -1.92. The second kappa shape index (κ2) is 8.44. The molecular weight excluding hydrogens is 417 g/mol. The number of hydrogen-bond donors (Lipinski definition) is 2. The largest absolute Gasteiger partial charge is 0.465 e. The fraction of sp³-hybridized carbons (Fsp3) is 0.667. The molecule has 0 spiro atoms. The number of nitrogens with two attached hydrogens (primary N) is 1. The lowest BCUT2D eigenvalue weighted by molar-refractivity contribution is -0.142. The number of unbranched alkanes of at least 4 members (excludes halogenated alkanes) is 1. The van der Waals surface area contributed by atoms with Gasteiger partial charge in [0.1, 0.15) is 18.5 Å². The van der Waals surface area contributed by atoms with E-state index >= 15 is 0 Å². The molecule has 0 aromatic carbocycles. The quantitative estimate of drug-likeness (QED) is 0.357. The van der Waals surface area contributed by atoms with Gasteiger partial charge in [0.25, 0.3) is 0 Å². The summed E-state index contributed by atoms with van der Waals surface area (Å²) in [6.45, 7) is 1.06. The molecule has 0 saturated carbocycles. The van der Waals surface area contributed by atoms with Gasteiger partial charge < -0.3 is 15.2 Å². The second-order valence-electron chi connectivity index (χ2n) is 6.47. The normalized spacial score (nSPS) is 30.7. The van der Waals surface area contributed by atoms with Gasteiger partial charge in [0.05, 0.1) is 13.2 Å². The third kappa shape index (κ3) is 4.64. The number of esters is 1. The van der Waals surface area contributed by atoms with Gasteiger partial charge in [-0.3, -0.25) is 18.4 Å². The van der Waals surface area contributed by atoms with Crippen molar-refractivity contribution in [2.75, 3.05) is 25.5 Å². The van der Waals surface area contributed by atoms with E-state index in [0.29, 0.717) is 11.0 Å². The van der Waals surface area contributed by atoms with Crippen LogP contribution in [0.4, 0.5) is 14.6 Å². The number of fused-ring (bicyclic) bond motifs is 1. The van der Waals surface area contributed by atoms with E-state index in [2.05, 4.69) is 10.1 Å². The van der Waals surface area contributed by atoms with Crippen LogP contribution in [0.3, 0.4) is 0 Å². The summed E-state index contributed by atoms with van der Waals surface area (Å²) in [7, 11) is -4.23. The molecule has 3 heterocycles. The maximum atomic E-state index is 14.9. The molecule has 0 bridgehead atoms. The summed E-state index contributed by atoms with van der Waals surface area (Å²) in [6.07, 6.45) is -2.82. The van der Waals surface area contributed by atoms with Crippen LogP contribution >= 0.6 is 7.75 Å². The van der Waals surface area contributed by atoms with E-state index in [9.17, 15) is 22.9 Å². The number of hydrogen-bond acceptors (Lipinski definition) is 9. The number of carbonyl (C=O) groups is 1. The summed E-state index contributed by atoms with van der Waals surface area (Å²) in [5.41, 5.74) is 4.33. The number of carbonyl (C=O) groups excluding carboxylic acids is 1. The Balaban J connectivity index is 1.68. The van der Waals surface area contributed by atoms with E-state index in [1.54, 1.807) is 0 Å². The lowest BCUT2D eigenvalue weighted by atomic mass is 10.1. The third-order valence-electron chi connectivity index (χ3n) is 4.29. The molecule has 2 aliphatic rings. The zero-order valence-electron chi connectivity index (χ0n) is 15.5. The lowest BCUT2D eigenvalue weighted by Crippen LogP contribution is -2.46. The van der Waals surface area contributed by atoms with Crippen LogP contribution in [0.1, 0.15) is 26.0 Å². The summed E-state index contributed by atoms with van der Waals surface area (Å²) in [5.74, 6) is -4.60. The molecule has 1 aromatic rings. The Bertz CT molecular complexity index is 867. The third-order valence-corrected chi connectivity index (χ3v) is 5.83. The Morgan fingerprint density at radius 1 is 1.55 bits per heavy atom. The number of halogens is 2. The highest BCUT2D eigenvalue weighted by Crippen LogP contribution is 2.56. The van der Waals surface area contributed by atoms with Gasteiger partial charge in [-0.15, -0.1) is 0 Å². The lowest BCUT2D eigenvalue weighted by Gasteiger charge is -2.32. The molecule has 4 atom stereocenters. The van der Waals surface area contributed by atoms with Crippen molar-refractivity contribution in [3.05, 3.63) is 22.7 Å². The van der Waals surface area contributed by atoms with Gasteiger partial charge in [0.15, 0.2) is 6.10 Å². The molecule has 0 aliphatic carbocycles. The Morgan fingerprint density at radius 2 is 2.31 bits per heavy atom. The van der Waals surface area contributed by atoms with E-state index in [-0.39, 0.29) is 12.4 Å². The molecule has 1 unspecified atom stereocenters. The number of aromatic nitrogens is 2. The summed E-state index contributed by atoms with van der Waals surface area (Å²) >= 11 is 0. The highest BCUT2D eigenvalue weighted by molar-refractivity contribution is 7.51. The van der Waals surface area contributed by atoms with Crippen LogP contribution < -0.4 is 16.5 Å². The van der Waals surface area contributed by atoms with E-state index in [1.807, 2.05) is 6.92 Å². The van der Waals surface area contributed by atoms with Crippen LogP contribution in [0.2, 0.25) is 0 Å². The zero-order chi connectivity index (χ0) is 21.2. The Morgan fingerprint density at radius 3 is 3.00 bits per heavy atom. The maximum Gasteiger partial charge on any atom is 0.406 e. The van der Waals surface area contributed by atoms with Crippen LogP contribution in [-0.4, -0.2) is 53.4 Å². The van der Waals surface area contributed by atoms with Crippen molar-refractivity contribution < 1.29 is 36.7 Å². The van der Waals surface area contributed by atoms with Crippen LogP contribution in [0.15, 0.2) is 17.1 Å². The predicted octanol–water partition coefficient (Wildman–Crippen LogP) is 0.815. The average Bonchev–Trinajstić information content (AvgIpc) is 2.91. The second-order valence-corrected chi connectivity index (χ2v) is 8.25. The van der Waals surface area contributed by atoms with Crippen molar-refractivity contribution in [1.29, 1.82) is 0 Å². The fourth-order valence-corrected chi connectivity index (χ4v) is 4.28. The number of alkyl halides is 2. The zero-order valence-corrected chi connectivity index (χ0v) is 16.3. The standard InChI is InChI=1S/C15H21F2N4O7P/c1-2-3-6-25-11(22)7-19-29(24)26-8-9-12(28-29)15(16,17)13(27-9)21-5-4-10(18)20-14(21)23/h4-5,9,12-13H,2-3,6-8H2,1H3,(H,19,24)(H2,18,20,23)/t9-,12-,13-,29?/m1/s1. The molecule has 11 nitrogen and oxygen atoms in total. The van der Waals surface area contributed by atoms with Gasteiger partial charge >= 0.3 is 25.3 Å². The van der Waals surface area contributed by atoms with Gasteiger partial charge in [-0.05, 0) is 12.5 Å². The van der Waals surface area contributed by atoms with Gasteiger partial charge in [0.2, 0.25) is 6.23 Å². The van der Waals surface area contributed by atoms with E-state index in [4.69, 9.17) is 24.3 Å². The molecule has 3 N–H and O–H groups in total. The SMILES string of the molecule is CCCCOC(=O)CNP1(=O)OC[C@H]2O[C@@H](n3ccc(N)nc3=O)C(F)(F)[C@@H]2O1. The van der Waals surface area contributed by atoms with E-state index in [1.165, 1.54) is 0 Å². The van der Waals surface area contributed by atoms with E-state index < -0.39 is 56.9 Å². The van der Waals surface area contributed by atoms with Crippen molar-refractivity contribution in [1.82, 2.24) is 14.6 Å². The molecule has 2 saturated heterocycles. The summed E-state index contributed by atoms with van der Waals surface area (Å²) in [6, 6.07) is 1.16. The minimum atomic E-state index is -4.23. The predicted molar refractivity (Wildman–Crippen MR) is 94.1 cm³/mol. The molecule has 2 fully saturated rings. The van der Waals surface area contributed by atoms with Crippen LogP contribution in [-0.2, 0) is 27.9 Å². The van der Waals surface area contributed by atoms with Crippen molar-refractivity contribution in [2.45, 2.75) is 44.1 Å². The van der Waals surface area contributed by atoms with Gasteiger partial charge in [-0.1, -0.05) is 13.3 Å². The van der Waals surface area contributed by atoms with Gasteiger partial charge in [-0.2, -0.15) is 13.8 Å².